The summed E-state index contributed by atoms with van der Waals surface area (Å²) in [5.41, 5.74) is 2.22. The Hall–Kier alpha value is -5.36. The molecule has 0 saturated heterocycles. The Morgan fingerprint density at radius 1 is 0.444 bits per heavy atom. The molecule has 3 heterocycles. The minimum absolute atomic E-state index is 0.681. The van der Waals surface area contributed by atoms with Crippen molar-refractivity contribution in [1.29, 1.82) is 0 Å². The fourth-order valence-corrected chi connectivity index (χ4v) is 13.5. The number of para-hydroxylation sites is 2. The van der Waals surface area contributed by atoms with Crippen LogP contribution in [0.3, 0.4) is 0 Å². The van der Waals surface area contributed by atoms with E-state index in [4.69, 9.17) is 9.97 Å². The summed E-state index contributed by atoms with van der Waals surface area (Å²) in [4.78, 5) is 10.4. The monoisotopic (exact) mass is 609 g/mol. The molecule has 0 aliphatic rings. The third kappa shape index (κ3) is 3.88. The summed E-state index contributed by atoms with van der Waals surface area (Å²) in [6.45, 7) is 0. The Morgan fingerprint density at radius 2 is 0.956 bits per heavy atom. The van der Waals surface area contributed by atoms with E-state index in [0.29, 0.717) is 5.95 Å². The Kier molecular flexibility index (Phi) is 6.01. The lowest BCUT2D eigenvalue weighted by molar-refractivity contribution is 0.994. The summed E-state index contributed by atoms with van der Waals surface area (Å²) in [6.07, 6.45) is 4.20. The summed E-state index contributed by atoms with van der Waals surface area (Å²) in [5, 5.41) is 10.2. The van der Waals surface area contributed by atoms with E-state index in [1.165, 1.54) is 46.5 Å². The predicted molar refractivity (Wildman–Crippen MR) is 193 cm³/mol. The van der Waals surface area contributed by atoms with Crippen molar-refractivity contribution in [2.75, 3.05) is 0 Å². The van der Waals surface area contributed by atoms with Crippen molar-refractivity contribution in [3.05, 3.63) is 164 Å². The summed E-state index contributed by atoms with van der Waals surface area (Å²) in [5.74, 6) is 0.681. The highest BCUT2D eigenvalue weighted by Gasteiger charge is 2.43. The average molecular weight is 610 g/mol. The maximum absolute atomic E-state index is 5.18. The van der Waals surface area contributed by atoms with Crippen LogP contribution in [0.15, 0.2) is 164 Å². The van der Waals surface area contributed by atoms with Crippen LogP contribution in [0.25, 0.3) is 47.9 Å². The molecule has 0 aliphatic heterocycles. The molecule has 0 unspecified atom stereocenters. The van der Waals surface area contributed by atoms with E-state index >= 15 is 0 Å². The van der Waals surface area contributed by atoms with Crippen LogP contribution in [0.1, 0.15) is 0 Å². The average Bonchev–Trinajstić information content (AvgIpc) is 3.66. The summed E-state index contributed by atoms with van der Waals surface area (Å²) < 4.78 is 4.83. The van der Waals surface area contributed by atoms with Crippen LogP contribution in [-0.4, -0.2) is 22.6 Å². The van der Waals surface area contributed by atoms with Gasteiger partial charge in [0, 0.05) is 43.3 Å². The molecule has 0 fully saturated rings. The van der Waals surface area contributed by atoms with Gasteiger partial charge in [0.15, 0.2) is 8.07 Å². The maximum Gasteiger partial charge on any atom is 0.234 e. The summed E-state index contributed by atoms with van der Waals surface area (Å²) in [6, 6.07) is 54.7. The lowest BCUT2D eigenvalue weighted by Crippen LogP contribution is -2.75. The molecule has 0 radical (unpaired) electrons. The highest BCUT2D eigenvalue weighted by molar-refractivity contribution is 7.30. The second kappa shape index (κ2) is 10.4. The number of aromatic nitrogens is 3. The first-order valence-corrected chi connectivity index (χ1v) is 18.0. The van der Waals surface area contributed by atoms with E-state index in [-0.39, 0.29) is 0 Å². The van der Waals surface area contributed by atoms with E-state index in [1.54, 1.807) is 0 Å². The highest BCUT2D eigenvalue weighted by Crippen LogP contribution is 2.34. The lowest BCUT2D eigenvalue weighted by Gasteiger charge is -2.34. The Bertz CT molecular complexity index is 2390. The number of thiophene rings is 1. The van der Waals surface area contributed by atoms with Gasteiger partial charge in [0.05, 0.1) is 11.0 Å². The van der Waals surface area contributed by atoms with Gasteiger partial charge in [0.2, 0.25) is 5.95 Å². The fraction of sp³-hybridized carbons (Fsp3) is 0. The molecule has 3 aromatic heterocycles. The molecule has 9 aromatic rings. The molecule has 3 nitrogen and oxygen atoms in total. The van der Waals surface area contributed by atoms with Crippen molar-refractivity contribution < 1.29 is 0 Å². The van der Waals surface area contributed by atoms with Gasteiger partial charge in [0.25, 0.3) is 0 Å². The molecule has 45 heavy (non-hydrogen) atoms. The van der Waals surface area contributed by atoms with Gasteiger partial charge < -0.3 is 0 Å². The molecule has 5 heteroatoms. The van der Waals surface area contributed by atoms with Gasteiger partial charge in [-0.3, -0.25) is 4.57 Å². The highest BCUT2D eigenvalue weighted by atomic mass is 32.1. The number of rotatable bonds is 5. The van der Waals surface area contributed by atoms with Crippen molar-refractivity contribution in [3.8, 4) is 5.95 Å². The van der Waals surface area contributed by atoms with Gasteiger partial charge in [-0.15, -0.1) is 11.3 Å². The van der Waals surface area contributed by atoms with Crippen LogP contribution >= 0.6 is 11.3 Å². The number of benzene rings is 6. The van der Waals surface area contributed by atoms with Crippen molar-refractivity contribution >= 4 is 82.1 Å². The maximum atomic E-state index is 5.18. The molecule has 0 amide bonds. The molecular weight excluding hydrogens is 583 g/mol. The molecular formula is C40H27N3SSi. The summed E-state index contributed by atoms with van der Waals surface area (Å²) in [7, 11) is -2.87. The number of hydrogen-bond acceptors (Lipinski definition) is 3. The largest absolute Gasteiger partial charge is 0.278 e. The molecule has 0 spiro atoms. The topological polar surface area (TPSA) is 30.7 Å². The van der Waals surface area contributed by atoms with E-state index in [0.717, 1.165) is 16.2 Å². The van der Waals surface area contributed by atoms with Crippen molar-refractivity contribution in [2.24, 2.45) is 0 Å². The molecule has 0 N–H and O–H groups in total. The van der Waals surface area contributed by atoms with Gasteiger partial charge in [-0.25, -0.2) is 9.97 Å². The van der Waals surface area contributed by atoms with Crippen LogP contribution in [-0.2, 0) is 0 Å². The third-order valence-corrected chi connectivity index (χ3v) is 15.2. The quantitative estimate of drug-likeness (QED) is 0.151. The molecule has 0 aliphatic carbocycles. The lowest BCUT2D eigenvalue weighted by atomic mass is 10.1. The van der Waals surface area contributed by atoms with Crippen LogP contribution in [0.5, 0.6) is 0 Å². The molecule has 0 bridgehead atoms. The second-order valence-corrected chi connectivity index (χ2v) is 16.2. The first-order valence-electron chi connectivity index (χ1n) is 15.2. The van der Waals surface area contributed by atoms with E-state index in [2.05, 4.69) is 169 Å². The van der Waals surface area contributed by atoms with Gasteiger partial charge in [-0.2, -0.15) is 0 Å². The fourth-order valence-electron chi connectivity index (χ4n) is 7.15. The number of nitrogens with zero attached hydrogens (tertiary/aromatic N) is 3. The number of hydrogen-bond donors (Lipinski definition) is 0. The standard InChI is InChI=1S/C40H27N3SSi/c1-3-14-28(15-4-1)45(29-16-5-2-6-17-29,38-25-13-21-34-33-20-9-12-24-37(33)44-39(34)38)30-26-41-40(42-27-30)43-35-22-10-7-18-31(35)32-19-8-11-23-36(32)43/h1-27H. The molecule has 6 aromatic carbocycles. The van der Waals surface area contributed by atoms with Gasteiger partial charge in [-0.05, 0) is 38.9 Å². The van der Waals surface area contributed by atoms with Gasteiger partial charge in [0.1, 0.15) is 0 Å². The van der Waals surface area contributed by atoms with Crippen LogP contribution in [0, 0.1) is 0 Å². The zero-order chi connectivity index (χ0) is 29.8. The van der Waals surface area contributed by atoms with Crippen LogP contribution in [0.4, 0.5) is 0 Å². The molecule has 9 rings (SSSR count). The first kappa shape index (κ1) is 26.1. The van der Waals surface area contributed by atoms with Crippen LogP contribution in [0.2, 0.25) is 0 Å². The third-order valence-electron chi connectivity index (χ3n) is 9.07. The van der Waals surface area contributed by atoms with Gasteiger partial charge in [-0.1, -0.05) is 133 Å². The Labute approximate surface area is 265 Å². The smallest absolute Gasteiger partial charge is 0.234 e. The second-order valence-electron chi connectivity index (χ2n) is 11.4. The SMILES string of the molecule is c1ccc([Si](c2ccccc2)(c2cnc(-n3c4ccccc4c4ccccc43)nc2)c2cccc3c2sc2ccccc23)cc1. The van der Waals surface area contributed by atoms with Gasteiger partial charge >= 0.3 is 0 Å². The Balaban J connectivity index is 1.36. The minimum Gasteiger partial charge on any atom is -0.278 e. The van der Waals surface area contributed by atoms with E-state index < -0.39 is 8.07 Å². The molecule has 0 atom stereocenters. The zero-order valence-corrected chi connectivity index (χ0v) is 26.2. The van der Waals surface area contributed by atoms with Crippen molar-refractivity contribution in [2.45, 2.75) is 0 Å². The van der Waals surface area contributed by atoms with Crippen molar-refractivity contribution in [1.82, 2.24) is 14.5 Å². The Morgan fingerprint density at radius 3 is 1.58 bits per heavy atom. The number of fused-ring (bicyclic) bond motifs is 6. The van der Waals surface area contributed by atoms with E-state index in [9.17, 15) is 0 Å². The normalized spacial score (nSPS) is 12.0. The van der Waals surface area contributed by atoms with Crippen molar-refractivity contribution in [3.63, 3.8) is 0 Å². The summed E-state index contributed by atoms with van der Waals surface area (Å²) >= 11 is 1.89. The van der Waals surface area contributed by atoms with Crippen LogP contribution < -0.4 is 20.7 Å². The predicted octanol–water partition coefficient (Wildman–Crippen LogP) is 7.32. The minimum atomic E-state index is -2.87. The zero-order valence-electron chi connectivity index (χ0n) is 24.3. The first-order chi connectivity index (χ1) is 22.3. The van der Waals surface area contributed by atoms with E-state index in [1.807, 2.05) is 11.3 Å². The molecule has 212 valence electrons. The molecule has 0 saturated carbocycles.